The van der Waals surface area contributed by atoms with Crippen LogP contribution in [0.25, 0.3) is 0 Å². The Bertz CT molecular complexity index is 1310. The van der Waals surface area contributed by atoms with E-state index in [0.717, 1.165) is 109 Å². The average Bonchev–Trinajstić information content (AvgIpc) is 3.30. The maximum Gasteiger partial charge on any atom is 0.306 e. The van der Waals surface area contributed by atoms with Gasteiger partial charge in [-0.3, -0.25) is 14.4 Å². The fraction of sp³-hybridized carbons (Fsp3) is 0.678. The molecule has 0 saturated heterocycles. The standard InChI is InChI=1S/C59H98O6/c1-4-7-10-13-16-19-22-25-28-30-32-34-37-40-43-46-49-52-58(61)64-55-56(54-63-57(60)51-48-45-42-39-36-33-27-24-21-18-15-12-9-6-3)65-59(62)53-50-47-44-41-38-35-31-29-26-23-20-17-14-11-8-5-2/h9,12,16,18-19,21,25,27-29,31-34,40,43,56H,4-8,10-11,13-15,17,20,22-24,26,30,35-39,41-42,44-55H2,1-3H3/b12-9-,19-16-,21-18-,28-25-,31-29-,33-27-,34-32-,43-40-. The van der Waals surface area contributed by atoms with Gasteiger partial charge in [0.15, 0.2) is 6.10 Å². The lowest BCUT2D eigenvalue weighted by Crippen LogP contribution is -2.30. The van der Waals surface area contributed by atoms with Crippen molar-refractivity contribution in [2.24, 2.45) is 0 Å². The summed E-state index contributed by atoms with van der Waals surface area (Å²) in [6.45, 7) is 6.42. The van der Waals surface area contributed by atoms with Crippen molar-refractivity contribution in [3.63, 3.8) is 0 Å². The second-order valence-electron chi connectivity index (χ2n) is 17.4. The van der Waals surface area contributed by atoms with E-state index >= 15 is 0 Å². The molecule has 0 bridgehead atoms. The van der Waals surface area contributed by atoms with E-state index in [4.69, 9.17) is 14.2 Å². The molecule has 0 aliphatic heterocycles. The van der Waals surface area contributed by atoms with E-state index in [2.05, 4.69) is 118 Å². The highest BCUT2D eigenvalue weighted by atomic mass is 16.6. The quantitative estimate of drug-likeness (QED) is 0.0262. The Labute approximate surface area is 400 Å². The lowest BCUT2D eigenvalue weighted by atomic mass is 10.1. The smallest absolute Gasteiger partial charge is 0.306 e. The van der Waals surface area contributed by atoms with Crippen molar-refractivity contribution < 1.29 is 28.6 Å². The maximum atomic E-state index is 12.8. The molecule has 0 aliphatic carbocycles. The van der Waals surface area contributed by atoms with Gasteiger partial charge in [-0.05, 0) is 116 Å². The molecule has 0 aromatic rings. The molecule has 0 rings (SSSR count). The van der Waals surface area contributed by atoms with E-state index < -0.39 is 6.10 Å². The third kappa shape index (κ3) is 51.2. The van der Waals surface area contributed by atoms with Crippen LogP contribution >= 0.6 is 0 Å². The van der Waals surface area contributed by atoms with Crippen molar-refractivity contribution in [1.82, 2.24) is 0 Å². The van der Waals surface area contributed by atoms with Crippen molar-refractivity contribution in [1.29, 1.82) is 0 Å². The minimum Gasteiger partial charge on any atom is -0.462 e. The van der Waals surface area contributed by atoms with Crippen molar-refractivity contribution in [2.75, 3.05) is 13.2 Å². The van der Waals surface area contributed by atoms with E-state index in [0.29, 0.717) is 19.3 Å². The summed E-state index contributed by atoms with van der Waals surface area (Å²) in [5.41, 5.74) is 0. The summed E-state index contributed by atoms with van der Waals surface area (Å²) in [6, 6.07) is 0. The van der Waals surface area contributed by atoms with Crippen molar-refractivity contribution in [3.05, 3.63) is 97.2 Å². The van der Waals surface area contributed by atoms with Crippen LogP contribution in [0.2, 0.25) is 0 Å². The highest BCUT2D eigenvalue weighted by Gasteiger charge is 2.19. The molecule has 0 N–H and O–H groups in total. The van der Waals surface area contributed by atoms with Crippen LogP contribution in [-0.4, -0.2) is 37.2 Å². The molecule has 65 heavy (non-hydrogen) atoms. The van der Waals surface area contributed by atoms with Crippen molar-refractivity contribution >= 4 is 17.9 Å². The zero-order chi connectivity index (χ0) is 47.2. The number of rotatable bonds is 47. The maximum absolute atomic E-state index is 12.8. The Morgan fingerprint density at radius 2 is 0.615 bits per heavy atom. The highest BCUT2D eigenvalue weighted by Crippen LogP contribution is 2.13. The van der Waals surface area contributed by atoms with Gasteiger partial charge < -0.3 is 14.2 Å². The number of esters is 3. The van der Waals surface area contributed by atoms with Crippen LogP contribution in [0.15, 0.2) is 97.2 Å². The number of allylic oxidation sites excluding steroid dienone is 16. The van der Waals surface area contributed by atoms with E-state index in [-0.39, 0.29) is 37.5 Å². The Balaban J connectivity index is 4.52. The summed E-state index contributed by atoms with van der Waals surface area (Å²) < 4.78 is 16.7. The Morgan fingerprint density at radius 1 is 0.323 bits per heavy atom. The number of hydrogen-bond acceptors (Lipinski definition) is 6. The first-order valence-electron chi connectivity index (χ1n) is 26.7. The number of ether oxygens (including phenoxy) is 3. The van der Waals surface area contributed by atoms with E-state index in [9.17, 15) is 14.4 Å². The van der Waals surface area contributed by atoms with E-state index in [1.807, 2.05) is 0 Å². The molecule has 0 amide bonds. The Morgan fingerprint density at radius 3 is 1.05 bits per heavy atom. The fourth-order valence-corrected chi connectivity index (χ4v) is 7.03. The monoisotopic (exact) mass is 903 g/mol. The molecular weight excluding hydrogens is 805 g/mol. The van der Waals surface area contributed by atoms with Gasteiger partial charge in [0.2, 0.25) is 0 Å². The minimum atomic E-state index is -0.814. The SMILES string of the molecule is CC/C=C\C/C=C\C/C=C\CCCCCCC(=O)OCC(COC(=O)CCC/C=C\C/C=C\C/C=C\C/C=C\CCCCC)OC(=O)CCCCCCC/C=C\CCCCCCCCC. The summed E-state index contributed by atoms with van der Waals surface area (Å²) >= 11 is 0. The first kappa shape index (κ1) is 61.3. The highest BCUT2D eigenvalue weighted by molar-refractivity contribution is 5.71. The Hall–Kier alpha value is -3.67. The molecule has 1 atom stereocenters. The lowest BCUT2D eigenvalue weighted by Gasteiger charge is -2.18. The molecule has 0 fully saturated rings. The van der Waals surface area contributed by atoms with Crippen LogP contribution in [0.1, 0.15) is 239 Å². The number of carbonyl (C=O) groups is 3. The van der Waals surface area contributed by atoms with Crippen LogP contribution in [-0.2, 0) is 28.6 Å². The first-order valence-corrected chi connectivity index (χ1v) is 26.7. The number of hydrogen-bond donors (Lipinski definition) is 0. The van der Waals surface area contributed by atoms with Gasteiger partial charge in [0, 0.05) is 19.3 Å². The van der Waals surface area contributed by atoms with E-state index in [1.165, 1.54) is 83.5 Å². The summed E-state index contributed by atoms with van der Waals surface area (Å²) in [6.07, 6.45) is 69.7. The van der Waals surface area contributed by atoms with Gasteiger partial charge in [-0.25, -0.2) is 0 Å². The normalized spacial score (nSPS) is 12.8. The molecule has 6 heteroatoms. The zero-order valence-corrected chi connectivity index (χ0v) is 42.2. The van der Waals surface area contributed by atoms with Gasteiger partial charge in [-0.1, -0.05) is 201 Å². The first-order chi connectivity index (χ1) is 32.0. The number of carbonyl (C=O) groups excluding carboxylic acids is 3. The predicted molar refractivity (Wildman–Crippen MR) is 279 cm³/mol. The summed E-state index contributed by atoms with van der Waals surface area (Å²) in [4.78, 5) is 38.0. The van der Waals surface area contributed by atoms with Crippen LogP contribution < -0.4 is 0 Å². The second-order valence-corrected chi connectivity index (χ2v) is 17.4. The van der Waals surface area contributed by atoms with Gasteiger partial charge in [-0.2, -0.15) is 0 Å². The third-order valence-corrected chi connectivity index (χ3v) is 11.0. The summed E-state index contributed by atoms with van der Waals surface area (Å²) in [7, 11) is 0. The minimum absolute atomic E-state index is 0.110. The summed E-state index contributed by atoms with van der Waals surface area (Å²) in [5.74, 6) is -0.998. The molecule has 0 saturated carbocycles. The fourth-order valence-electron chi connectivity index (χ4n) is 7.03. The summed E-state index contributed by atoms with van der Waals surface area (Å²) in [5, 5.41) is 0. The molecular formula is C59H98O6. The van der Waals surface area contributed by atoms with Crippen LogP contribution in [0.3, 0.4) is 0 Å². The van der Waals surface area contributed by atoms with Crippen LogP contribution in [0.4, 0.5) is 0 Å². The topological polar surface area (TPSA) is 78.9 Å². The van der Waals surface area contributed by atoms with Crippen LogP contribution in [0.5, 0.6) is 0 Å². The molecule has 1 unspecified atom stereocenters. The Kier molecular flexibility index (Phi) is 50.0. The number of unbranched alkanes of at least 4 members (excludes halogenated alkanes) is 20. The van der Waals surface area contributed by atoms with Gasteiger partial charge in [0.05, 0.1) is 0 Å². The van der Waals surface area contributed by atoms with Crippen molar-refractivity contribution in [3.8, 4) is 0 Å². The van der Waals surface area contributed by atoms with E-state index in [1.54, 1.807) is 0 Å². The molecule has 0 aromatic heterocycles. The third-order valence-electron chi connectivity index (χ3n) is 11.0. The average molecular weight is 903 g/mol. The molecule has 0 aliphatic rings. The predicted octanol–water partition coefficient (Wildman–Crippen LogP) is 17.8. The van der Waals surface area contributed by atoms with Gasteiger partial charge in [0.1, 0.15) is 13.2 Å². The molecule has 370 valence electrons. The van der Waals surface area contributed by atoms with Gasteiger partial charge in [0.25, 0.3) is 0 Å². The second kappa shape index (κ2) is 52.9. The lowest BCUT2D eigenvalue weighted by molar-refractivity contribution is -0.167. The van der Waals surface area contributed by atoms with Crippen LogP contribution in [0, 0.1) is 0 Å². The molecule has 0 heterocycles. The largest absolute Gasteiger partial charge is 0.462 e. The molecule has 0 radical (unpaired) electrons. The van der Waals surface area contributed by atoms with Gasteiger partial charge >= 0.3 is 17.9 Å². The zero-order valence-electron chi connectivity index (χ0n) is 42.2. The molecule has 6 nitrogen and oxygen atoms in total. The van der Waals surface area contributed by atoms with Gasteiger partial charge in [-0.15, -0.1) is 0 Å². The molecule has 0 spiro atoms. The van der Waals surface area contributed by atoms with Crippen molar-refractivity contribution in [2.45, 2.75) is 245 Å². The molecule has 0 aromatic carbocycles.